The molecule has 11 heteroatoms. The molecule has 0 aliphatic heterocycles. The summed E-state index contributed by atoms with van der Waals surface area (Å²) in [5.41, 5.74) is 0.783. The highest BCUT2D eigenvalue weighted by atomic mass is 32.1. The molecule has 0 saturated carbocycles. The molecule has 132 valence electrons. The minimum Gasteiger partial charge on any atom is -0.470 e. The first-order chi connectivity index (χ1) is 11.8. The van der Waals surface area contributed by atoms with Gasteiger partial charge < -0.3 is 10.1 Å². The van der Waals surface area contributed by atoms with E-state index in [-0.39, 0.29) is 17.1 Å². The molecule has 1 heterocycles. The molecule has 0 saturated heterocycles. The molecule has 0 unspecified atom stereocenters. The summed E-state index contributed by atoms with van der Waals surface area (Å²) < 4.78 is 45.0. The van der Waals surface area contributed by atoms with Crippen molar-refractivity contribution < 1.29 is 27.5 Å². The maximum absolute atomic E-state index is 12.1. The van der Waals surface area contributed by atoms with E-state index in [4.69, 9.17) is 4.74 Å². The van der Waals surface area contributed by atoms with Crippen LogP contribution in [-0.4, -0.2) is 48.3 Å². The molecule has 0 aliphatic carbocycles. The lowest BCUT2D eigenvalue weighted by molar-refractivity contribution is -0.133. The molecule has 0 spiro atoms. The quantitative estimate of drug-likeness (QED) is 0.617. The average Bonchev–Trinajstić information content (AvgIpc) is 3.04. The first-order valence-corrected chi connectivity index (χ1v) is 8.03. The van der Waals surface area contributed by atoms with Gasteiger partial charge in [-0.1, -0.05) is 12.1 Å². The normalized spacial score (nSPS) is 11.2. The summed E-state index contributed by atoms with van der Waals surface area (Å²) in [6, 6.07) is 6.00. The number of carbonyl (C=O) groups excluding carboxylic acids is 2. The molecule has 0 radical (unpaired) electrons. The average molecular weight is 371 g/mol. The number of ether oxygens (including phenoxy) is 1. The van der Waals surface area contributed by atoms with Gasteiger partial charge in [0.25, 0.3) is 5.91 Å². The van der Waals surface area contributed by atoms with E-state index in [0.29, 0.717) is 11.4 Å². The van der Waals surface area contributed by atoms with E-state index in [0.717, 1.165) is 11.5 Å². The van der Waals surface area contributed by atoms with Crippen LogP contribution in [0.3, 0.4) is 0 Å². The van der Waals surface area contributed by atoms with Crippen molar-refractivity contribution in [1.82, 2.24) is 14.7 Å². The van der Waals surface area contributed by atoms with Crippen LogP contribution in [0.5, 0.6) is 0 Å². The molecule has 2 rings (SSSR count). The summed E-state index contributed by atoms with van der Waals surface area (Å²) in [7, 11) is 1.68. The molecule has 25 heavy (non-hydrogen) atoms. The summed E-state index contributed by atoms with van der Waals surface area (Å²) >= 11 is 0.895. The molecule has 6 nitrogen and oxygen atoms in total. The molecule has 2 aromatic rings. The second kappa shape index (κ2) is 8.10. The van der Waals surface area contributed by atoms with Crippen molar-refractivity contribution in [2.24, 2.45) is 0 Å². The van der Waals surface area contributed by atoms with Crippen LogP contribution in [0.25, 0.3) is 11.4 Å². The summed E-state index contributed by atoms with van der Waals surface area (Å²) in [5, 5.41) is 2.31. The zero-order valence-electron chi connectivity index (χ0n) is 13.1. The number of benzene rings is 1. The van der Waals surface area contributed by atoms with Gasteiger partial charge in [-0.25, -0.2) is 9.78 Å². The largest absolute Gasteiger partial charge is 0.470 e. The van der Waals surface area contributed by atoms with Crippen molar-refractivity contribution in [1.29, 1.82) is 0 Å². The smallest absolute Gasteiger partial charge is 0.390 e. The fourth-order valence-electron chi connectivity index (χ4n) is 1.81. The molecular weight excluding hydrogens is 358 g/mol. The Morgan fingerprint density at radius 1 is 1.24 bits per heavy atom. The highest BCUT2D eigenvalue weighted by molar-refractivity contribution is 7.07. The number of carbonyl (C=O) groups is 2. The first kappa shape index (κ1) is 18.9. The Morgan fingerprint density at radius 3 is 2.52 bits per heavy atom. The highest BCUT2D eigenvalue weighted by Crippen LogP contribution is 2.20. The molecule has 1 amide bonds. The predicted molar refractivity (Wildman–Crippen MR) is 87.2 cm³/mol. The van der Waals surface area contributed by atoms with E-state index in [1.807, 2.05) is 0 Å². The van der Waals surface area contributed by atoms with Crippen LogP contribution in [0, 0.1) is 0 Å². The van der Waals surface area contributed by atoms with Gasteiger partial charge in [0.05, 0.1) is 12.9 Å². The molecule has 0 atom stereocenters. The Morgan fingerprint density at radius 2 is 1.92 bits per heavy atom. The third-order valence-electron chi connectivity index (χ3n) is 2.98. The number of nitrogens with zero attached hydrogens (tertiary/aromatic N) is 2. The number of hydrogen-bond acceptors (Lipinski definition) is 6. The van der Waals surface area contributed by atoms with Gasteiger partial charge in [-0.05, 0) is 23.7 Å². The molecule has 0 fully saturated rings. The number of alkyl halides is 3. The number of nitrogens with one attached hydrogen (secondary N) is 1. The number of rotatable bonds is 6. The predicted octanol–water partition coefficient (Wildman–Crippen LogP) is 1.63. The van der Waals surface area contributed by atoms with Crippen LogP contribution in [0.15, 0.2) is 24.3 Å². The number of amides is 1. The molecule has 0 aliphatic rings. The lowest BCUT2D eigenvalue weighted by Crippen LogP contribution is -2.27. The van der Waals surface area contributed by atoms with E-state index in [1.54, 1.807) is 20.0 Å². The van der Waals surface area contributed by atoms with E-state index in [1.165, 1.54) is 12.1 Å². The highest BCUT2D eigenvalue weighted by Gasteiger charge is 2.26. The Hall–Kier alpha value is -2.43. The molecule has 1 aromatic heterocycles. The van der Waals surface area contributed by atoms with Gasteiger partial charge in [-0.3, -0.25) is 4.79 Å². The lowest BCUT2D eigenvalue weighted by atomic mass is 10.1. The van der Waals surface area contributed by atoms with Gasteiger partial charge in [0, 0.05) is 17.7 Å². The van der Waals surface area contributed by atoms with Gasteiger partial charge in [0.1, 0.15) is 0 Å². The topological polar surface area (TPSA) is 81.2 Å². The van der Waals surface area contributed by atoms with Crippen LogP contribution >= 0.6 is 11.5 Å². The van der Waals surface area contributed by atoms with E-state index in [2.05, 4.69) is 14.7 Å². The van der Waals surface area contributed by atoms with E-state index in [9.17, 15) is 22.8 Å². The molecule has 1 aromatic carbocycles. The summed E-state index contributed by atoms with van der Waals surface area (Å²) in [6.45, 7) is -0.257. The Balaban J connectivity index is 2.00. The number of halogens is 3. The fourth-order valence-corrected chi connectivity index (χ4v) is 2.39. The van der Waals surface area contributed by atoms with Gasteiger partial charge in [-0.15, -0.1) is 0 Å². The van der Waals surface area contributed by atoms with Crippen molar-refractivity contribution >= 4 is 31.3 Å². The Labute approximate surface area is 146 Å². The zero-order chi connectivity index (χ0) is 18.4. The van der Waals surface area contributed by atoms with E-state index < -0.39 is 31.0 Å². The van der Waals surface area contributed by atoms with Crippen LogP contribution in [0.4, 0.5) is 13.2 Å². The minimum atomic E-state index is -4.32. The minimum absolute atomic E-state index is 0.117. The third kappa shape index (κ3) is 5.56. The van der Waals surface area contributed by atoms with Gasteiger partial charge in [0.2, 0.25) is 5.01 Å². The van der Waals surface area contributed by atoms with Crippen LogP contribution in [0.1, 0.15) is 26.6 Å². The first-order valence-electron chi connectivity index (χ1n) is 7.26. The standard InChI is InChI=1S/C14H13BF3N3O3S/c15-7-24-13(23)12-20-10(21-25-12)8-1-3-9(4-2-8)11(22)19-6-5-14(16,17)18/h1-4H,5-7,15H2,(H,19,22). The Bertz CT molecular complexity index is 750. The van der Waals surface area contributed by atoms with Crippen molar-refractivity contribution in [2.75, 3.05) is 13.1 Å². The second-order valence-electron chi connectivity index (χ2n) is 4.84. The fraction of sp³-hybridized carbons (Fsp3) is 0.286. The van der Waals surface area contributed by atoms with Crippen molar-refractivity contribution in [3.05, 3.63) is 34.8 Å². The summed E-state index contributed by atoms with van der Waals surface area (Å²) in [4.78, 5) is 27.4. The zero-order valence-corrected chi connectivity index (χ0v) is 13.9. The van der Waals surface area contributed by atoms with Crippen molar-refractivity contribution in [3.63, 3.8) is 0 Å². The number of esters is 1. The number of hydrogen-bond donors (Lipinski definition) is 1. The molecular formula is C14H13BF3N3O3S. The van der Waals surface area contributed by atoms with Crippen LogP contribution < -0.4 is 5.32 Å². The third-order valence-corrected chi connectivity index (χ3v) is 3.67. The number of aromatic nitrogens is 2. The molecule has 1 N–H and O–H groups in total. The maximum Gasteiger partial charge on any atom is 0.390 e. The van der Waals surface area contributed by atoms with Crippen LogP contribution in [-0.2, 0) is 4.74 Å². The van der Waals surface area contributed by atoms with E-state index >= 15 is 0 Å². The SMILES string of the molecule is BCOC(=O)c1nc(-c2ccc(C(=O)NCCC(F)(F)F)cc2)ns1. The lowest BCUT2D eigenvalue weighted by Gasteiger charge is -2.08. The monoisotopic (exact) mass is 371 g/mol. The van der Waals surface area contributed by atoms with Gasteiger partial charge in [-0.2, -0.15) is 17.5 Å². The van der Waals surface area contributed by atoms with Crippen LogP contribution in [0.2, 0.25) is 0 Å². The maximum atomic E-state index is 12.1. The molecule has 0 bridgehead atoms. The second-order valence-corrected chi connectivity index (χ2v) is 5.59. The van der Waals surface area contributed by atoms with Gasteiger partial charge in [0.15, 0.2) is 13.7 Å². The Kier molecular flexibility index (Phi) is 6.13. The summed E-state index contributed by atoms with van der Waals surface area (Å²) in [6.07, 6.45) is -5.40. The van der Waals surface area contributed by atoms with Crippen molar-refractivity contribution in [2.45, 2.75) is 12.6 Å². The van der Waals surface area contributed by atoms with Gasteiger partial charge >= 0.3 is 12.1 Å². The van der Waals surface area contributed by atoms with Crippen molar-refractivity contribution in [3.8, 4) is 11.4 Å². The summed E-state index contributed by atoms with van der Waals surface area (Å²) in [5.74, 6) is -0.863.